The molecule has 6 heteroatoms. The molecule has 1 spiro atoms. The number of fused-ring (bicyclic) bond motifs is 6. The summed E-state index contributed by atoms with van der Waals surface area (Å²) in [6, 6.07) is 5.67. The van der Waals surface area contributed by atoms with Crippen LogP contribution in [-0.4, -0.2) is 52.9 Å². The van der Waals surface area contributed by atoms with Crippen molar-refractivity contribution in [3.8, 4) is 0 Å². The molecule has 9 atom stereocenters. The van der Waals surface area contributed by atoms with Crippen LogP contribution in [0.25, 0.3) is 0 Å². The minimum absolute atomic E-state index is 0.00657. The highest BCUT2D eigenvalue weighted by molar-refractivity contribution is 5.76. The number of piperidine rings is 1. The zero-order valence-corrected chi connectivity index (χ0v) is 19.2. The molecule has 2 bridgehead atoms. The van der Waals surface area contributed by atoms with Gasteiger partial charge >= 0.3 is 5.97 Å². The molecule has 0 N–H and O–H groups in total. The van der Waals surface area contributed by atoms with Crippen molar-refractivity contribution in [2.45, 2.75) is 76.2 Å². The molecule has 5 fully saturated rings. The Kier molecular flexibility index (Phi) is 4.00. The summed E-state index contributed by atoms with van der Waals surface area (Å²) in [7, 11) is 0. The largest absolute Gasteiger partial charge is 0.462 e. The molecule has 6 nitrogen and oxygen atoms in total. The second-order valence-corrected chi connectivity index (χ2v) is 12.0. The van der Waals surface area contributed by atoms with Gasteiger partial charge in [0.15, 0.2) is 0 Å². The van der Waals surface area contributed by atoms with Gasteiger partial charge in [-0.25, -0.2) is 0 Å². The number of carbonyl (C=O) groups is 1. The zero-order valence-electron chi connectivity index (χ0n) is 19.2. The predicted octanol–water partition coefficient (Wildman–Crippen LogP) is 2.79. The standard InChI is InChI=1S/C26H34N2O4/c1-15-5-4-8-25(2)10-20-22(23-26(15,25)32-23)18(24(30)31-20)14-27-11-16-9-17(13-27)19-6-3-7-21(29)28(19)12-16/h3,6-7,15-18,20,22-23H,4-5,8-14H2,1-2H3/t15-,16-,17+,18+,20+,22+,23-,25+,26-/m0/s1. The molecule has 5 heterocycles. The van der Waals surface area contributed by atoms with Crippen LogP contribution in [0.3, 0.4) is 0 Å². The summed E-state index contributed by atoms with van der Waals surface area (Å²) in [6.45, 7) is 8.19. The third-order valence-corrected chi connectivity index (χ3v) is 10.2. The molecule has 6 aliphatic rings. The number of nitrogens with zero attached hydrogens (tertiary/aromatic N) is 2. The molecule has 0 unspecified atom stereocenters. The summed E-state index contributed by atoms with van der Waals surface area (Å²) in [4.78, 5) is 27.9. The number of carbonyl (C=O) groups excluding carboxylic acids is 1. The Morgan fingerprint density at radius 1 is 1.19 bits per heavy atom. The predicted molar refractivity (Wildman–Crippen MR) is 118 cm³/mol. The molecular weight excluding hydrogens is 404 g/mol. The van der Waals surface area contributed by atoms with E-state index in [-0.39, 0.29) is 46.6 Å². The molecule has 1 aromatic heterocycles. The van der Waals surface area contributed by atoms with Crippen LogP contribution in [0, 0.1) is 29.1 Å². The van der Waals surface area contributed by atoms with Crippen molar-refractivity contribution in [3.05, 3.63) is 34.2 Å². The van der Waals surface area contributed by atoms with Crippen molar-refractivity contribution in [3.63, 3.8) is 0 Å². The van der Waals surface area contributed by atoms with Gasteiger partial charge in [0.1, 0.15) is 11.7 Å². The number of rotatable bonds is 2. The van der Waals surface area contributed by atoms with Crippen molar-refractivity contribution in [2.75, 3.05) is 19.6 Å². The van der Waals surface area contributed by atoms with E-state index in [0.29, 0.717) is 17.8 Å². The lowest BCUT2D eigenvalue weighted by Crippen LogP contribution is -2.55. The van der Waals surface area contributed by atoms with Crippen LogP contribution in [0.2, 0.25) is 0 Å². The second kappa shape index (κ2) is 6.47. The monoisotopic (exact) mass is 438 g/mol. The van der Waals surface area contributed by atoms with E-state index in [4.69, 9.17) is 9.47 Å². The van der Waals surface area contributed by atoms with Gasteiger partial charge in [-0.05, 0) is 43.6 Å². The summed E-state index contributed by atoms with van der Waals surface area (Å²) in [5.41, 5.74) is 1.40. The summed E-state index contributed by atoms with van der Waals surface area (Å²) >= 11 is 0. The van der Waals surface area contributed by atoms with E-state index in [9.17, 15) is 9.59 Å². The van der Waals surface area contributed by atoms with Crippen molar-refractivity contribution >= 4 is 5.97 Å². The Hall–Kier alpha value is -1.66. The highest BCUT2D eigenvalue weighted by Gasteiger charge is 2.78. The van der Waals surface area contributed by atoms with Gasteiger partial charge in [0.2, 0.25) is 0 Å². The van der Waals surface area contributed by atoms with Gasteiger partial charge in [0.25, 0.3) is 5.56 Å². The smallest absolute Gasteiger partial charge is 0.311 e. The maximum Gasteiger partial charge on any atom is 0.311 e. The first-order valence-corrected chi connectivity index (χ1v) is 12.7. The number of esters is 1. The lowest BCUT2D eigenvalue weighted by Gasteiger charge is -2.49. The number of hydrogen-bond acceptors (Lipinski definition) is 5. The lowest BCUT2D eigenvalue weighted by molar-refractivity contribution is -0.146. The molecule has 32 heavy (non-hydrogen) atoms. The molecule has 2 aliphatic carbocycles. The topological polar surface area (TPSA) is 64.1 Å². The summed E-state index contributed by atoms with van der Waals surface area (Å²) in [6.07, 6.45) is 5.98. The van der Waals surface area contributed by atoms with E-state index in [2.05, 4.69) is 24.8 Å². The molecule has 172 valence electrons. The minimum atomic E-state index is -0.0835. The van der Waals surface area contributed by atoms with E-state index in [0.717, 1.165) is 39.0 Å². The van der Waals surface area contributed by atoms with Gasteiger partial charge in [-0.15, -0.1) is 0 Å². The van der Waals surface area contributed by atoms with Gasteiger partial charge < -0.3 is 18.9 Å². The summed E-state index contributed by atoms with van der Waals surface area (Å²) < 4.78 is 14.6. The average molecular weight is 439 g/mol. The second-order valence-electron chi connectivity index (χ2n) is 12.0. The molecule has 1 aromatic rings. The van der Waals surface area contributed by atoms with Crippen molar-refractivity contribution in [1.82, 2.24) is 9.47 Å². The van der Waals surface area contributed by atoms with Crippen LogP contribution >= 0.6 is 0 Å². The normalized spacial score (nSPS) is 48.8. The number of ether oxygens (including phenoxy) is 2. The van der Waals surface area contributed by atoms with Gasteiger partial charge in [-0.1, -0.05) is 26.3 Å². The van der Waals surface area contributed by atoms with Crippen molar-refractivity contribution in [1.29, 1.82) is 0 Å². The number of likely N-dealkylation sites (tertiary alicyclic amines) is 1. The lowest BCUT2D eigenvalue weighted by atomic mass is 9.53. The molecule has 3 saturated heterocycles. The van der Waals surface area contributed by atoms with E-state index >= 15 is 0 Å². The Labute approximate surface area is 189 Å². The maximum atomic E-state index is 13.1. The fourth-order valence-corrected chi connectivity index (χ4v) is 8.87. The SMILES string of the molecule is C[C@H]1CCC[C@]2(C)C[C@H]3OC(=O)[C@H](CN4C[C@@H]5C[C@H](C4)c4cccc(=O)n4C5)[C@H]3[C@@H]3O[C@@]132. The van der Waals surface area contributed by atoms with Crippen molar-refractivity contribution < 1.29 is 14.3 Å². The van der Waals surface area contributed by atoms with E-state index in [1.54, 1.807) is 6.07 Å². The average Bonchev–Trinajstić information content (AvgIpc) is 3.43. The number of aromatic nitrogens is 1. The van der Waals surface area contributed by atoms with Crippen LogP contribution in [0.5, 0.6) is 0 Å². The van der Waals surface area contributed by atoms with Crippen molar-refractivity contribution in [2.24, 2.45) is 29.1 Å². The highest BCUT2D eigenvalue weighted by Crippen LogP contribution is 2.70. The quantitative estimate of drug-likeness (QED) is 0.525. The van der Waals surface area contributed by atoms with Crippen LogP contribution in [0.1, 0.15) is 57.6 Å². The van der Waals surface area contributed by atoms with Gasteiger partial charge in [0.05, 0.1) is 12.0 Å². The third kappa shape index (κ3) is 2.48. The minimum Gasteiger partial charge on any atom is -0.462 e. The Balaban J connectivity index is 1.14. The Bertz CT molecular complexity index is 1040. The number of epoxide rings is 1. The summed E-state index contributed by atoms with van der Waals surface area (Å²) in [5.74, 6) is 1.53. The first kappa shape index (κ1) is 19.8. The van der Waals surface area contributed by atoms with Gasteiger partial charge in [-0.2, -0.15) is 0 Å². The first-order valence-electron chi connectivity index (χ1n) is 12.7. The Morgan fingerprint density at radius 3 is 2.94 bits per heavy atom. The molecule has 4 aliphatic heterocycles. The van der Waals surface area contributed by atoms with Gasteiger partial charge in [-0.3, -0.25) is 9.59 Å². The molecule has 7 rings (SSSR count). The first-order chi connectivity index (χ1) is 15.4. The molecular formula is C26H34N2O4. The van der Waals surface area contributed by atoms with Crippen LogP contribution in [0.4, 0.5) is 0 Å². The number of hydrogen-bond donors (Lipinski definition) is 0. The van der Waals surface area contributed by atoms with E-state index < -0.39 is 0 Å². The summed E-state index contributed by atoms with van der Waals surface area (Å²) in [5, 5.41) is 0. The fraction of sp³-hybridized carbons (Fsp3) is 0.769. The molecule has 0 radical (unpaired) electrons. The van der Waals surface area contributed by atoms with Gasteiger partial charge in [0, 0.05) is 55.2 Å². The van der Waals surface area contributed by atoms with E-state index in [1.165, 1.54) is 25.0 Å². The molecule has 0 amide bonds. The Morgan fingerprint density at radius 2 is 2.06 bits per heavy atom. The van der Waals surface area contributed by atoms with Crippen LogP contribution < -0.4 is 5.56 Å². The van der Waals surface area contributed by atoms with Crippen LogP contribution in [-0.2, 0) is 20.8 Å². The number of pyridine rings is 1. The van der Waals surface area contributed by atoms with Crippen LogP contribution in [0.15, 0.2) is 23.0 Å². The maximum absolute atomic E-state index is 13.1. The third-order valence-electron chi connectivity index (χ3n) is 10.2. The highest BCUT2D eigenvalue weighted by atomic mass is 16.6. The molecule has 0 aromatic carbocycles. The molecule has 2 saturated carbocycles. The van der Waals surface area contributed by atoms with E-state index in [1.807, 2.05) is 10.6 Å². The zero-order chi connectivity index (χ0) is 21.8. The fourth-order valence-electron chi connectivity index (χ4n) is 8.87.